The van der Waals surface area contributed by atoms with E-state index in [2.05, 4.69) is 10.6 Å². The van der Waals surface area contributed by atoms with Crippen molar-refractivity contribution in [2.24, 2.45) is 0 Å². The summed E-state index contributed by atoms with van der Waals surface area (Å²) in [5, 5.41) is 5.47. The number of piperidine rings is 1. The number of hydrogen-bond acceptors (Lipinski definition) is 3. The van der Waals surface area contributed by atoms with Gasteiger partial charge in [-0.25, -0.2) is 13.2 Å². The summed E-state index contributed by atoms with van der Waals surface area (Å²) in [4.78, 5) is 24.3. The van der Waals surface area contributed by atoms with Gasteiger partial charge >= 0.3 is 0 Å². The number of halogens is 3. The Bertz CT molecular complexity index is 476. The van der Waals surface area contributed by atoms with Gasteiger partial charge in [0.2, 0.25) is 5.91 Å². The van der Waals surface area contributed by atoms with E-state index in [1.165, 1.54) is 6.08 Å². The second kappa shape index (κ2) is 6.28. The van der Waals surface area contributed by atoms with Gasteiger partial charge in [0.15, 0.2) is 5.67 Å². The SMILES string of the molecule is CC1CC(F)(C(=O)NC/C=C\C(=O)N2CC(F)(F)C2)CCN1. The third-order valence-electron chi connectivity index (χ3n) is 3.85. The molecule has 0 aliphatic carbocycles. The van der Waals surface area contributed by atoms with Crippen molar-refractivity contribution in [2.45, 2.75) is 37.4 Å². The average molecular weight is 319 g/mol. The van der Waals surface area contributed by atoms with Crippen molar-refractivity contribution in [3.05, 3.63) is 12.2 Å². The van der Waals surface area contributed by atoms with Crippen LogP contribution in [0.1, 0.15) is 19.8 Å². The van der Waals surface area contributed by atoms with Gasteiger partial charge in [-0.1, -0.05) is 6.08 Å². The zero-order valence-electron chi connectivity index (χ0n) is 12.4. The Kier molecular flexibility index (Phi) is 4.79. The number of amides is 2. The lowest BCUT2D eigenvalue weighted by atomic mass is 9.89. The Morgan fingerprint density at radius 1 is 1.36 bits per heavy atom. The van der Waals surface area contributed by atoms with Crippen molar-refractivity contribution < 1.29 is 22.8 Å². The Morgan fingerprint density at radius 3 is 2.64 bits per heavy atom. The normalized spacial score (nSPS) is 30.9. The van der Waals surface area contributed by atoms with Crippen LogP contribution in [-0.4, -0.2) is 60.5 Å². The highest BCUT2D eigenvalue weighted by Gasteiger charge is 2.45. The Morgan fingerprint density at radius 2 is 2.05 bits per heavy atom. The van der Waals surface area contributed by atoms with Gasteiger partial charge in [0.1, 0.15) is 0 Å². The van der Waals surface area contributed by atoms with Crippen molar-refractivity contribution in [3.8, 4) is 0 Å². The molecule has 0 radical (unpaired) electrons. The summed E-state index contributed by atoms with van der Waals surface area (Å²) in [6.45, 7) is 1.06. The number of carbonyl (C=O) groups is 2. The highest BCUT2D eigenvalue weighted by atomic mass is 19.3. The molecule has 2 amide bonds. The molecule has 0 saturated carbocycles. The summed E-state index contributed by atoms with van der Waals surface area (Å²) in [6, 6.07) is -0.0743. The molecule has 0 aromatic carbocycles. The van der Waals surface area contributed by atoms with Crippen LogP contribution in [0.3, 0.4) is 0 Å². The molecule has 2 aliphatic heterocycles. The van der Waals surface area contributed by atoms with Gasteiger partial charge in [0, 0.05) is 31.5 Å². The van der Waals surface area contributed by atoms with Crippen LogP contribution < -0.4 is 10.6 Å². The minimum atomic E-state index is -2.80. The van der Waals surface area contributed by atoms with Crippen LogP contribution in [-0.2, 0) is 9.59 Å². The molecule has 2 rings (SSSR count). The first kappa shape index (κ1) is 16.8. The van der Waals surface area contributed by atoms with E-state index in [-0.39, 0.29) is 25.4 Å². The van der Waals surface area contributed by atoms with Gasteiger partial charge in [-0.05, 0) is 13.5 Å². The van der Waals surface area contributed by atoms with Crippen LogP contribution in [0.5, 0.6) is 0 Å². The van der Waals surface area contributed by atoms with Crippen molar-refractivity contribution >= 4 is 11.8 Å². The summed E-state index contributed by atoms with van der Waals surface area (Å²) in [7, 11) is 0. The molecule has 2 N–H and O–H groups in total. The highest BCUT2D eigenvalue weighted by Crippen LogP contribution is 2.27. The number of carbonyl (C=O) groups excluding carboxylic acids is 2. The second-order valence-corrected chi connectivity index (χ2v) is 5.94. The van der Waals surface area contributed by atoms with Crippen LogP contribution in [0.4, 0.5) is 13.2 Å². The van der Waals surface area contributed by atoms with E-state index in [1.54, 1.807) is 0 Å². The van der Waals surface area contributed by atoms with Crippen molar-refractivity contribution in [3.63, 3.8) is 0 Å². The number of alkyl halides is 3. The maximum absolute atomic E-state index is 14.4. The molecule has 0 spiro atoms. The fraction of sp³-hybridized carbons (Fsp3) is 0.714. The van der Waals surface area contributed by atoms with E-state index >= 15 is 0 Å². The molecule has 0 aromatic heterocycles. The maximum Gasteiger partial charge on any atom is 0.282 e. The number of likely N-dealkylation sites (tertiary alicyclic amines) is 1. The third-order valence-corrected chi connectivity index (χ3v) is 3.85. The lowest BCUT2D eigenvalue weighted by molar-refractivity contribution is -0.160. The van der Waals surface area contributed by atoms with Crippen LogP contribution in [0.15, 0.2) is 12.2 Å². The first-order valence-electron chi connectivity index (χ1n) is 7.26. The molecule has 2 unspecified atom stereocenters. The van der Waals surface area contributed by atoms with Gasteiger partial charge in [-0.15, -0.1) is 0 Å². The molecular formula is C14H20F3N3O2. The fourth-order valence-electron chi connectivity index (χ4n) is 2.63. The minimum Gasteiger partial charge on any atom is -0.350 e. The monoisotopic (exact) mass is 319 g/mol. The van der Waals surface area contributed by atoms with Gasteiger partial charge in [-0.3, -0.25) is 9.59 Å². The fourth-order valence-corrected chi connectivity index (χ4v) is 2.63. The molecule has 124 valence electrons. The molecule has 2 saturated heterocycles. The van der Waals surface area contributed by atoms with E-state index in [4.69, 9.17) is 0 Å². The largest absolute Gasteiger partial charge is 0.350 e. The van der Waals surface area contributed by atoms with Crippen LogP contribution in [0.25, 0.3) is 0 Å². The summed E-state index contributed by atoms with van der Waals surface area (Å²) in [5.41, 5.74) is -1.90. The van der Waals surface area contributed by atoms with Crippen molar-refractivity contribution in [1.29, 1.82) is 0 Å². The van der Waals surface area contributed by atoms with Crippen LogP contribution in [0.2, 0.25) is 0 Å². The number of hydrogen-bond donors (Lipinski definition) is 2. The molecule has 2 fully saturated rings. The number of nitrogens with one attached hydrogen (secondary N) is 2. The van der Waals surface area contributed by atoms with E-state index < -0.39 is 36.5 Å². The first-order valence-corrected chi connectivity index (χ1v) is 7.26. The molecule has 0 aromatic rings. The Hall–Kier alpha value is -1.57. The van der Waals surface area contributed by atoms with E-state index in [0.29, 0.717) is 6.54 Å². The Labute approximate surface area is 126 Å². The van der Waals surface area contributed by atoms with Gasteiger partial charge in [0.25, 0.3) is 11.8 Å². The predicted molar refractivity (Wildman–Crippen MR) is 74.2 cm³/mol. The zero-order valence-corrected chi connectivity index (χ0v) is 12.4. The number of nitrogens with zero attached hydrogens (tertiary/aromatic N) is 1. The minimum absolute atomic E-state index is 0.0116. The summed E-state index contributed by atoms with van der Waals surface area (Å²) in [5.74, 6) is -4.04. The van der Waals surface area contributed by atoms with Gasteiger partial charge in [0.05, 0.1) is 13.1 Å². The molecule has 8 heteroatoms. The van der Waals surface area contributed by atoms with E-state index in [1.807, 2.05) is 6.92 Å². The van der Waals surface area contributed by atoms with Crippen LogP contribution >= 0.6 is 0 Å². The quantitative estimate of drug-likeness (QED) is 0.747. The van der Waals surface area contributed by atoms with Crippen molar-refractivity contribution in [1.82, 2.24) is 15.5 Å². The van der Waals surface area contributed by atoms with Crippen LogP contribution in [0, 0.1) is 0 Å². The van der Waals surface area contributed by atoms with E-state index in [0.717, 1.165) is 11.0 Å². The zero-order chi connectivity index (χ0) is 16.4. The van der Waals surface area contributed by atoms with Crippen molar-refractivity contribution in [2.75, 3.05) is 26.2 Å². The molecule has 2 heterocycles. The highest BCUT2D eigenvalue weighted by molar-refractivity contribution is 5.89. The average Bonchev–Trinajstić information content (AvgIpc) is 2.40. The molecule has 2 atom stereocenters. The van der Waals surface area contributed by atoms with E-state index in [9.17, 15) is 22.8 Å². The summed E-state index contributed by atoms with van der Waals surface area (Å²) >= 11 is 0. The topological polar surface area (TPSA) is 61.4 Å². The lowest BCUT2D eigenvalue weighted by Crippen LogP contribution is -2.58. The molecule has 0 bridgehead atoms. The second-order valence-electron chi connectivity index (χ2n) is 5.94. The summed E-state index contributed by atoms with van der Waals surface area (Å²) in [6.07, 6.45) is 2.66. The summed E-state index contributed by atoms with van der Waals surface area (Å²) < 4.78 is 39.6. The first-order chi connectivity index (χ1) is 10.2. The molecular weight excluding hydrogens is 299 g/mol. The number of rotatable bonds is 4. The lowest BCUT2D eigenvalue weighted by Gasteiger charge is -2.37. The molecule has 2 aliphatic rings. The predicted octanol–water partition coefficient (Wildman–Crippen LogP) is 0.616. The Balaban J connectivity index is 1.73. The van der Waals surface area contributed by atoms with Gasteiger partial charge in [-0.2, -0.15) is 0 Å². The molecule has 22 heavy (non-hydrogen) atoms. The smallest absolute Gasteiger partial charge is 0.282 e. The van der Waals surface area contributed by atoms with Gasteiger partial charge < -0.3 is 15.5 Å². The molecule has 5 nitrogen and oxygen atoms in total. The third kappa shape index (κ3) is 4.00. The standard InChI is InChI=1S/C14H20F3N3O2/c1-10-7-13(15,4-6-18-10)12(22)19-5-2-3-11(21)20-8-14(16,17)9-20/h2-3,10,18H,4-9H2,1H3,(H,19,22)/b3-2-. The maximum atomic E-state index is 14.4.